The molecule has 2 aliphatic heterocycles. The number of sulfonamides is 1. The predicted molar refractivity (Wildman–Crippen MR) is 92.2 cm³/mol. The van der Waals surface area contributed by atoms with Crippen molar-refractivity contribution in [1.82, 2.24) is 9.21 Å². The fourth-order valence-electron chi connectivity index (χ4n) is 2.94. The van der Waals surface area contributed by atoms with Gasteiger partial charge in [-0.15, -0.1) is 0 Å². The van der Waals surface area contributed by atoms with E-state index in [-0.39, 0.29) is 10.8 Å². The monoisotopic (exact) mass is 368 g/mol. The molecular weight excluding hydrogens is 344 g/mol. The van der Waals surface area contributed by atoms with E-state index in [0.29, 0.717) is 50.9 Å². The number of hydrogen-bond acceptors (Lipinski definition) is 5. The maximum absolute atomic E-state index is 12.9. The highest BCUT2D eigenvalue weighted by Crippen LogP contribution is 2.33. The van der Waals surface area contributed by atoms with Gasteiger partial charge in [-0.1, -0.05) is 20.8 Å². The van der Waals surface area contributed by atoms with E-state index in [1.54, 1.807) is 11.0 Å². The van der Waals surface area contributed by atoms with Crippen LogP contribution in [0.15, 0.2) is 23.1 Å². The average molecular weight is 368 g/mol. The summed E-state index contributed by atoms with van der Waals surface area (Å²) in [6.45, 7) is 7.86. The molecule has 0 N–H and O–H groups in total. The third kappa shape index (κ3) is 3.59. The molecule has 138 valence electrons. The highest BCUT2D eigenvalue weighted by atomic mass is 32.2. The summed E-state index contributed by atoms with van der Waals surface area (Å²) in [5, 5.41) is 0. The van der Waals surface area contributed by atoms with Crippen LogP contribution in [0.1, 0.15) is 20.8 Å². The zero-order chi connectivity index (χ0) is 18.2. The second kappa shape index (κ2) is 6.49. The molecule has 0 atom stereocenters. The lowest BCUT2D eigenvalue weighted by Gasteiger charge is -2.37. The fraction of sp³-hybridized carbons (Fsp3) is 0.588. The molecule has 1 amide bonds. The quantitative estimate of drug-likeness (QED) is 0.787. The summed E-state index contributed by atoms with van der Waals surface area (Å²) in [5.74, 6) is 1.06. The van der Waals surface area contributed by atoms with Gasteiger partial charge in [-0.05, 0) is 12.1 Å². The van der Waals surface area contributed by atoms with Gasteiger partial charge in [-0.3, -0.25) is 4.79 Å². The third-order valence-corrected chi connectivity index (χ3v) is 6.21. The molecule has 0 bridgehead atoms. The maximum Gasteiger partial charge on any atom is 0.243 e. The molecule has 3 rings (SSSR count). The van der Waals surface area contributed by atoms with Gasteiger partial charge in [0.15, 0.2) is 11.5 Å². The minimum atomic E-state index is -3.62. The zero-order valence-electron chi connectivity index (χ0n) is 14.8. The molecule has 1 aromatic carbocycles. The molecule has 8 heteroatoms. The molecule has 0 aliphatic carbocycles. The van der Waals surface area contributed by atoms with Gasteiger partial charge in [-0.25, -0.2) is 8.42 Å². The Hall–Kier alpha value is -1.80. The molecule has 0 unspecified atom stereocenters. The molecule has 1 fully saturated rings. The Balaban J connectivity index is 1.73. The van der Waals surface area contributed by atoms with Crippen LogP contribution in [0.4, 0.5) is 0 Å². The van der Waals surface area contributed by atoms with Crippen LogP contribution in [0.2, 0.25) is 0 Å². The zero-order valence-corrected chi connectivity index (χ0v) is 15.6. The van der Waals surface area contributed by atoms with E-state index < -0.39 is 15.4 Å². The lowest BCUT2D eigenvalue weighted by molar-refractivity contribution is -0.140. The molecule has 0 aromatic heterocycles. The van der Waals surface area contributed by atoms with Crippen molar-refractivity contribution in [2.24, 2.45) is 5.41 Å². The van der Waals surface area contributed by atoms with E-state index in [2.05, 4.69) is 0 Å². The number of benzene rings is 1. The SMILES string of the molecule is CC(C)(C)C(=O)N1CCN(S(=O)(=O)c2ccc3c(c2)OCCO3)CC1. The van der Waals surface area contributed by atoms with E-state index in [1.807, 2.05) is 20.8 Å². The Kier molecular flexibility index (Phi) is 4.68. The van der Waals surface area contributed by atoms with Crippen molar-refractivity contribution < 1.29 is 22.7 Å². The first kappa shape index (κ1) is 18.0. The highest BCUT2D eigenvalue weighted by Gasteiger charge is 2.34. The minimum Gasteiger partial charge on any atom is -0.486 e. The Bertz CT molecular complexity index is 762. The molecule has 7 nitrogen and oxygen atoms in total. The molecule has 1 aromatic rings. The van der Waals surface area contributed by atoms with E-state index in [4.69, 9.17) is 9.47 Å². The van der Waals surface area contributed by atoms with Gasteiger partial charge < -0.3 is 14.4 Å². The normalized spacial score (nSPS) is 18.9. The first-order chi connectivity index (χ1) is 11.7. The first-order valence-corrected chi connectivity index (χ1v) is 9.83. The Labute approximate surface area is 148 Å². The molecule has 0 spiro atoms. The van der Waals surface area contributed by atoms with Crippen molar-refractivity contribution in [2.75, 3.05) is 39.4 Å². The number of hydrogen-bond donors (Lipinski definition) is 0. The van der Waals surface area contributed by atoms with Gasteiger partial charge in [-0.2, -0.15) is 4.31 Å². The van der Waals surface area contributed by atoms with Gasteiger partial charge >= 0.3 is 0 Å². The number of amides is 1. The van der Waals surface area contributed by atoms with Crippen LogP contribution in [0.5, 0.6) is 11.5 Å². The van der Waals surface area contributed by atoms with Crippen molar-refractivity contribution in [2.45, 2.75) is 25.7 Å². The van der Waals surface area contributed by atoms with Gasteiger partial charge in [0, 0.05) is 37.7 Å². The molecule has 0 radical (unpaired) electrons. The second-order valence-electron chi connectivity index (χ2n) is 7.25. The molecular formula is C17H24N2O5S. The van der Waals surface area contributed by atoms with Crippen LogP contribution in [-0.2, 0) is 14.8 Å². The van der Waals surface area contributed by atoms with Crippen molar-refractivity contribution in [3.63, 3.8) is 0 Å². The lowest BCUT2D eigenvalue weighted by atomic mass is 9.94. The minimum absolute atomic E-state index is 0.0453. The molecule has 2 aliphatic rings. The average Bonchev–Trinajstić information content (AvgIpc) is 2.60. The smallest absolute Gasteiger partial charge is 0.243 e. The summed E-state index contributed by atoms with van der Waals surface area (Å²) in [4.78, 5) is 14.3. The maximum atomic E-state index is 12.9. The molecule has 0 saturated carbocycles. The van der Waals surface area contributed by atoms with Crippen molar-refractivity contribution >= 4 is 15.9 Å². The number of fused-ring (bicyclic) bond motifs is 1. The van der Waals surface area contributed by atoms with Crippen molar-refractivity contribution in [3.8, 4) is 11.5 Å². The Morgan fingerprint density at radius 3 is 2.20 bits per heavy atom. The summed E-state index contributed by atoms with van der Waals surface area (Å²) in [7, 11) is -3.62. The summed E-state index contributed by atoms with van der Waals surface area (Å²) < 4.78 is 38.1. The largest absolute Gasteiger partial charge is 0.486 e. The number of piperazine rings is 1. The topological polar surface area (TPSA) is 76.2 Å². The van der Waals surface area contributed by atoms with Crippen LogP contribution in [0, 0.1) is 5.41 Å². The highest BCUT2D eigenvalue weighted by molar-refractivity contribution is 7.89. The summed E-state index contributed by atoms with van der Waals surface area (Å²) in [5.41, 5.74) is -0.461. The van der Waals surface area contributed by atoms with Gasteiger partial charge in [0.2, 0.25) is 15.9 Å². The Morgan fingerprint density at radius 1 is 1.00 bits per heavy atom. The summed E-state index contributed by atoms with van der Waals surface area (Å²) >= 11 is 0. The van der Waals surface area contributed by atoms with Crippen LogP contribution in [0.3, 0.4) is 0 Å². The number of rotatable bonds is 2. The van der Waals surface area contributed by atoms with Crippen molar-refractivity contribution in [1.29, 1.82) is 0 Å². The molecule has 25 heavy (non-hydrogen) atoms. The van der Waals surface area contributed by atoms with Gasteiger partial charge in [0.25, 0.3) is 0 Å². The number of carbonyl (C=O) groups is 1. The fourth-order valence-corrected chi connectivity index (χ4v) is 4.38. The van der Waals surface area contributed by atoms with Crippen LogP contribution in [0.25, 0.3) is 0 Å². The number of nitrogens with zero attached hydrogens (tertiary/aromatic N) is 2. The lowest BCUT2D eigenvalue weighted by Crippen LogP contribution is -2.52. The van der Waals surface area contributed by atoms with E-state index in [0.717, 1.165) is 0 Å². The van der Waals surface area contributed by atoms with E-state index >= 15 is 0 Å². The predicted octanol–water partition coefficient (Wildman–Crippen LogP) is 1.34. The van der Waals surface area contributed by atoms with Gasteiger partial charge in [0.1, 0.15) is 13.2 Å². The van der Waals surface area contributed by atoms with Crippen LogP contribution < -0.4 is 9.47 Å². The summed E-state index contributed by atoms with van der Waals surface area (Å²) in [6.07, 6.45) is 0. The summed E-state index contributed by atoms with van der Waals surface area (Å²) in [6, 6.07) is 4.67. The first-order valence-electron chi connectivity index (χ1n) is 8.39. The standard InChI is InChI=1S/C17H24N2O5S/c1-17(2,3)16(20)18-6-8-19(9-7-18)25(21,22)13-4-5-14-15(12-13)24-11-10-23-14/h4-5,12H,6-11H2,1-3H3. The third-order valence-electron chi connectivity index (χ3n) is 4.32. The van der Waals surface area contributed by atoms with Crippen molar-refractivity contribution in [3.05, 3.63) is 18.2 Å². The second-order valence-corrected chi connectivity index (χ2v) is 9.19. The molecule has 1 saturated heterocycles. The van der Waals surface area contributed by atoms with Crippen LogP contribution >= 0.6 is 0 Å². The Morgan fingerprint density at radius 2 is 1.60 bits per heavy atom. The number of ether oxygens (including phenoxy) is 2. The molecule has 2 heterocycles. The number of carbonyl (C=O) groups excluding carboxylic acids is 1. The van der Waals surface area contributed by atoms with Gasteiger partial charge in [0.05, 0.1) is 4.90 Å². The van der Waals surface area contributed by atoms with E-state index in [9.17, 15) is 13.2 Å². The van der Waals surface area contributed by atoms with Crippen LogP contribution in [-0.4, -0.2) is 62.9 Å². The van der Waals surface area contributed by atoms with E-state index in [1.165, 1.54) is 16.4 Å².